The summed E-state index contributed by atoms with van der Waals surface area (Å²) in [5, 5.41) is 3.07. The molecule has 1 aromatic carbocycles. The van der Waals surface area contributed by atoms with Crippen molar-refractivity contribution < 1.29 is 17.9 Å². The number of nitrogens with one attached hydrogen (secondary N) is 1. The summed E-state index contributed by atoms with van der Waals surface area (Å²) in [6.07, 6.45) is -4.28. The lowest BCUT2D eigenvalue weighted by atomic mass is 10.0. The number of hydrogen-bond acceptors (Lipinski definition) is 3. The average Bonchev–Trinajstić information content (AvgIpc) is 2.39. The molecule has 0 spiro atoms. The highest BCUT2D eigenvalue weighted by Crippen LogP contribution is 2.39. The second-order valence-electron chi connectivity index (χ2n) is 4.96. The van der Waals surface area contributed by atoms with Crippen LogP contribution in [0, 0.1) is 6.92 Å². The molecule has 120 valence electrons. The first-order valence-corrected chi connectivity index (χ1v) is 6.59. The van der Waals surface area contributed by atoms with Crippen LogP contribution in [0.1, 0.15) is 17.2 Å². The molecule has 7 heteroatoms. The van der Waals surface area contributed by atoms with Gasteiger partial charge in [0.25, 0.3) is 0 Å². The largest absolute Gasteiger partial charge is 0.496 e. The van der Waals surface area contributed by atoms with E-state index in [2.05, 4.69) is 5.32 Å². The molecular formula is C14H20ClF3N2O. The SMILES string of the molecule is COc1ccc([C@@H](N2CCNCC2)C(F)(F)F)cc1C.Cl. The van der Waals surface area contributed by atoms with Gasteiger partial charge in [0.1, 0.15) is 11.8 Å². The number of benzene rings is 1. The Balaban J connectivity index is 0.00000220. The first-order chi connectivity index (χ1) is 9.43. The topological polar surface area (TPSA) is 24.5 Å². The van der Waals surface area contributed by atoms with Crippen LogP contribution in [0.4, 0.5) is 13.2 Å². The van der Waals surface area contributed by atoms with Crippen LogP contribution in [0.5, 0.6) is 5.75 Å². The maximum Gasteiger partial charge on any atom is 0.408 e. The lowest BCUT2D eigenvalue weighted by Gasteiger charge is -2.36. The van der Waals surface area contributed by atoms with Gasteiger partial charge in [0.15, 0.2) is 0 Å². The van der Waals surface area contributed by atoms with Crippen LogP contribution >= 0.6 is 12.4 Å². The zero-order valence-electron chi connectivity index (χ0n) is 12.0. The quantitative estimate of drug-likeness (QED) is 0.925. The molecule has 3 nitrogen and oxygen atoms in total. The van der Waals surface area contributed by atoms with Gasteiger partial charge < -0.3 is 10.1 Å². The summed E-state index contributed by atoms with van der Waals surface area (Å²) in [7, 11) is 1.51. The zero-order valence-corrected chi connectivity index (χ0v) is 12.9. The minimum Gasteiger partial charge on any atom is -0.496 e. The number of rotatable bonds is 3. The van der Waals surface area contributed by atoms with Crippen molar-refractivity contribution in [1.29, 1.82) is 0 Å². The number of alkyl halides is 3. The number of piperazine rings is 1. The number of ether oxygens (including phenoxy) is 1. The molecule has 1 aliphatic rings. The fourth-order valence-corrected chi connectivity index (χ4v) is 2.62. The fraction of sp³-hybridized carbons (Fsp3) is 0.571. The minimum absolute atomic E-state index is 0. The van der Waals surface area contributed by atoms with Crippen molar-refractivity contribution in [2.75, 3.05) is 33.3 Å². The van der Waals surface area contributed by atoms with Crippen LogP contribution in [-0.2, 0) is 0 Å². The molecule has 0 aliphatic carbocycles. The van der Waals surface area contributed by atoms with Crippen molar-refractivity contribution in [2.24, 2.45) is 0 Å². The molecule has 0 aromatic heterocycles. The van der Waals surface area contributed by atoms with E-state index in [9.17, 15) is 13.2 Å². The molecular weight excluding hydrogens is 305 g/mol. The van der Waals surface area contributed by atoms with Gasteiger partial charge in [0.05, 0.1) is 7.11 Å². The Labute approximate surface area is 128 Å². The molecule has 21 heavy (non-hydrogen) atoms. The Bertz CT molecular complexity index is 462. The number of methoxy groups -OCH3 is 1. The molecule has 1 fully saturated rings. The molecule has 2 rings (SSSR count). The van der Waals surface area contributed by atoms with E-state index in [4.69, 9.17) is 4.74 Å². The van der Waals surface area contributed by atoms with Crippen molar-refractivity contribution in [2.45, 2.75) is 19.1 Å². The Hall–Kier alpha value is -0.980. The third-order valence-corrected chi connectivity index (χ3v) is 3.56. The van der Waals surface area contributed by atoms with E-state index in [1.165, 1.54) is 18.1 Å². The molecule has 1 N–H and O–H groups in total. The van der Waals surface area contributed by atoms with Gasteiger partial charge in [-0.2, -0.15) is 13.2 Å². The van der Waals surface area contributed by atoms with E-state index in [-0.39, 0.29) is 18.0 Å². The summed E-state index contributed by atoms with van der Waals surface area (Å²) >= 11 is 0. The van der Waals surface area contributed by atoms with E-state index >= 15 is 0 Å². The van der Waals surface area contributed by atoms with Crippen molar-refractivity contribution >= 4 is 12.4 Å². The van der Waals surface area contributed by atoms with Gasteiger partial charge in [0, 0.05) is 26.2 Å². The minimum atomic E-state index is -4.28. The van der Waals surface area contributed by atoms with E-state index in [1.807, 2.05) is 0 Å². The summed E-state index contributed by atoms with van der Waals surface area (Å²) in [4.78, 5) is 1.48. The number of halogens is 4. The van der Waals surface area contributed by atoms with Gasteiger partial charge in [-0.25, -0.2) is 0 Å². The van der Waals surface area contributed by atoms with Crippen molar-refractivity contribution in [3.63, 3.8) is 0 Å². The second kappa shape index (κ2) is 7.33. The van der Waals surface area contributed by atoms with Crippen LogP contribution in [-0.4, -0.2) is 44.4 Å². The van der Waals surface area contributed by atoms with Gasteiger partial charge in [-0.15, -0.1) is 12.4 Å². The smallest absolute Gasteiger partial charge is 0.408 e. The molecule has 1 aromatic rings. The second-order valence-corrected chi connectivity index (χ2v) is 4.96. The summed E-state index contributed by atoms with van der Waals surface area (Å²) in [6, 6.07) is 3.13. The molecule has 0 radical (unpaired) electrons. The van der Waals surface area contributed by atoms with Gasteiger partial charge >= 0.3 is 6.18 Å². The predicted octanol–water partition coefficient (Wildman–Crippen LogP) is 2.93. The molecule has 0 unspecified atom stereocenters. The fourth-order valence-electron chi connectivity index (χ4n) is 2.62. The molecule has 0 bridgehead atoms. The monoisotopic (exact) mass is 324 g/mol. The van der Waals surface area contributed by atoms with Crippen molar-refractivity contribution in [3.8, 4) is 5.75 Å². The van der Waals surface area contributed by atoms with E-state index in [0.29, 0.717) is 31.9 Å². The summed E-state index contributed by atoms with van der Waals surface area (Å²) in [5.41, 5.74) is 0.993. The van der Waals surface area contributed by atoms with E-state index in [1.54, 1.807) is 19.1 Å². The first-order valence-electron chi connectivity index (χ1n) is 6.59. The molecule has 1 saturated heterocycles. The van der Waals surface area contributed by atoms with Gasteiger partial charge in [0.2, 0.25) is 0 Å². The molecule has 1 aliphatic heterocycles. The van der Waals surface area contributed by atoms with Crippen molar-refractivity contribution in [3.05, 3.63) is 29.3 Å². The Kier molecular flexibility index (Phi) is 6.31. The van der Waals surface area contributed by atoms with Gasteiger partial charge in [-0.05, 0) is 24.1 Å². The Morgan fingerprint density at radius 2 is 1.86 bits per heavy atom. The summed E-state index contributed by atoms with van der Waals surface area (Å²) < 4.78 is 45.3. The highest BCUT2D eigenvalue weighted by Gasteiger charge is 2.44. The Morgan fingerprint density at radius 1 is 1.24 bits per heavy atom. The predicted molar refractivity (Wildman–Crippen MR) is 78.2 cm³/mol. The molecule has 0 amide bonds. The normalized spacial score (nSPS) is 18.0. The highest BCUT2D eigenvalue weighted by atomic mass is 35.5. The lowest BCUT2D eigenvalue weighted by Crippen LogP contribution is -2.49. The van der Waals surface area contributed by atoms with Crippen LogP contribution in [0.2, 0.25) is 0 Å². The molecule has 0 saturated carbocycles. The van der Waals surface area contributed by atoms with Gasteiger partial charge in [-0.1, -0.05) is 12.1 Å². The molecule has 1 heterocycles. The van der Waals surface area contributed by atoms with Crippen LogP contribution < -0.4 is 10.1 Å². The van der Waals surface area contributed by atoms with Crippen LogP contribution in [0.15, 0.2) is 18.2 Å². The standard InChI is InChI=1S/C14H19F3N2O.ClH/c1-10-9-11(3-4-12(10)20-2)13(14(15,16)17)19-7-5-18-6-8-19;/h3-4,9,13,18H,5-8H2,1-2H3;1H/t13-;/m1./s1. The third-order valence-electron chi connectivity index (χ3n) is 3.56. The number of nitrogens with zero attached hydrogens (tertiary/aromatic N) is 1. The first kappa shape index (κ1) is 18.1. The number of hydrogen-bond donors (Lipinski definition) is 1. The number of aryl methyl sites for hydroxylation is 1. The Morgan fingerprint density at radius 3 is 2.33 bits per heavy atom. The molecule has 1 atom stereocenters. The van der Waals surface area contributed by atoms with Crippen LogP contribution in [0.25, 0.3) is 0 Å². The third kappa shape index (κ3) is 4.25. The maximum absolute atomic E-state index is 13.4. The summed E-state index contributed by atoms with van der Waals surface area (Å²) in [5.74, 6) is 0.606. The van der Waals surface area contributed by atoms with E-state index < -0.39 is 12.2 Å². The van der Waals surface area contributed by atoms with Gasteiger partial charge in [-0.3, -0.25) is 4.90 Å². The average molecular weight is 325 g/mol. The summed E-state index contributed by atoms with van der Waals surface area (Å²) in [6.45, 7) is 3.72. The zero-order chi connectivity index (χ0) is 14.8. The lowest BCUT2D eigenvalue weighted by molar-refractivity contribution is -0.187. The van der Waals surface area contributed by atoms with E-state index in [0.717, 1.165) is 5.56 Å². The van der Waals surface area contributed by atoms with Crippen LogP contribution in [0.3, 0.4) is 0 Å². The highest BCUT2D eigenvalue weighted by molar-refractivity contribution is 5.85. The van der Waals surface area contributed by atoms with Crippen molar-refractivity contribution in [1.82, 2.24) is 10.2 Å². The maximum atomic E-state index is 13.4.